The van der Waals surface area contributed by atoms with Crippen molar-refractivity contribution in [2.75, 3.05) is 0 Å². The molecule has 0 aliphatic heterocycles. The third-order valence-electron chi connectivity index (χ3n) is 4.20. The van der Waals surface area contributed by atoms with Gasteiger partial charge in [-0.15, -0.1) is 0 Å². The molecule has 0 aliphatic carbocycles. The van der Waals surface area contributed by atoms with Gasteiger partial charge in [-0.3, -0.25) is 14.2 Å². The van der Waals surface area contributed by atoms with E-state index >= 15 is 0 Å². The van der Waals surface area contributed by atoms with Crippen molar-refractivity contribution in [3.8, 4) is 5.75 Å². The van der Waals surface area contributed by atoms with Crippen molar-refractivity contribution in [3.05, 3.63) is 70.8 Å². The Labute approximate surface area is 159 Å². The number of hydrogen-bond donors (Lipinski definition) is 1. The van der Waals surface area contributed by atoms with Crippen molar-refractivity contribution in [1.29, 1.82) is 0 Å². The summed E-state index contributed by atoms with van der Waals surface area (Å²) < 4.78 is 30.7. The highest BCUT2D eigenvalue weighted by atomic mass is 19.3. The first-order valence-corrected chi connectivity index (χ1v) is 8.78. The summed E-state index contributed by atoms with van der Waals surface area (Å²) in [5, 5.41) is 3.21. The Morgan fingerprint density at radius 2 is 1.89 bits per heavy atom. The first-order chi connectivity index (χ1) is 13.5. The van der Waals surface area contributed by atoms with E-state index in [9.17, 15) is 18.4 Å². The lowest BCUT2D eigenvalue weighted by molar-refractivity contribution is -0.121. The van der Waals surface area contributed by atoms with Gasteiger partial charge in [0.1, 0.15) is 5.75 Å². The van der Waals surface area contributed by atoms with Gasteiger partial charge < -0.3 is 10.1 Å². The molecule has 0 spiro atoms. The number of carbonyl (C=O) groups excluding carboxylic acids is 1. The summed E-state index contributed by atoms with van der Waals surface area (Å²) in [4.78, 5) is 28.7. The molecule has 28 heavy (non-hydrogen) atoms. The number of nitrogens with one attached hydrogen (secondary N) is 1. The third kappa shape index (κ3) is 4.91. The molecule has 0 fully saturated rings. The largest absolute Gasteiger partial charge is 0.434 e. The van der Waals surface area contributed by atoms with Crippen molar-refractivity contribution in [1.82, 2.24) is 14.9 Å². The molecule has 0 saturated carbocycles. The first-order valence-electron chi connectivity index (χ1n) is 8.78. The number of amides is 1. The number of ether oxygens (including phenoxy) is 1. The van der Waals surface area contributed by atoms with Crippen LogP contribution in [0.25, 0.3) is 10.9 Å². The van der Waals surface area contributed by atoms with E-state index in [1.165, 1.54) is 17.0 Å². The van der Waals surface area contributed by atoms with Crippen molar-refractivity contribution >= 4 is 16.8 Å². The number of hydrogen-bond acceptors (Lipinski definition) is 4. The molecular formula is C20H19F2N3O3. The predicted molar refractivity (Wildman–Crippen MR) is 100 cm³/mol. The van der Waals surface area contributed by atoms with E-state index in [0.717, 1.165) is 0 Å². The van der Waals surface area contributed by atoms with Gasteiger partial charge in [-0.25, -0.2) is 4.98 Å². The second-order valence-electron chi connectivity index (χ2n) is 6.13. The Kier molecular flexibility index (Phi) is 6.31. The molecule has 2 aromatic carbocycles. The minimum atomic E-state index is -2.93. The number of carbonyl (C=O) groups is 1. The number of halogens is 2. The lowest BCUT2D eigenvalue weighted by Crippen LogP contribution is -2.25. The van der Waals surface area contributed by atoms with Crippen LogP contribution >= 0.6 is 0 Å². The van der Waals surface area contributed by atoms with Gasteiger partial charge in [0.25, 0.3) is 5.56 Å². The highest BCUT2D eigenvalue weighted by Gasteiger charge is 2.10. The van der Waals surface area contributed by atoms with Crippen LogP contribution in [0, 0.1) is 0 Å². The molecule has 0 bridgehead atoms. The van der Waals surface area contributed by atoms with Crippen molar-refractivity contribution in [2.45, 2.75) is 32.5 Å². The molecule has 1 aromatic heterocycles. The maximum atomic E-state index is 12.4. The molecule has 1 amide bonds. The monoisotopic (exact) mass is 387 g/mol. The molecule has 0 atom stereocenters. The van der Waals surface area contributed by atoms with Gasteiger partial charge in [-0.05, 0) is 24.6 Å². The average molecular weight is 387 g/mol. The summed E-state index contributed by atoms with van der Waals surface area (Å²) in [7, 11) is 0. The maximum Gasteiger partial charge on any atom is 0.387 e. The Morgan fingerprint density at radius 1 is 1.14 bits per heavy atom. The van der Waals surface area contributed by atoms with Gasteiger partial charge in [0.2, 0.25) is 5.91 Å². The molecular weight excluding hydrogens is 368 g/mol. The van der Waals surface area contributed by atoms with Gasteiger partial charge in [-0.2, -0.15) is 8.78 Å². The number of aryl methyl sites for hydroxylation is 1. The van der Waals surface area contributed by atoms with Crippen molar-refractivity contribution in [3.63, 3.8) is 0 Å². The lowest BCUT2D eigenvalue weighted by atomic mass is 10.2. The molecule has 3 rings (SSSR count). The zero-order valence-corrected chi connectivity index (χ0v) is 15.0. The van der Waals surface area contributed by atoms with Gasteiger partial charge in [0, 0.05) is 25.1 Å². The smallest absolute Gasteiger partial charge is 0.387 e. The maximum absolute atomic E-state index is 12.4. The molecule has 6 nitrogen and oxygen atoms in total. The molecule has 1 heterocycles. The Hall–Kier alpha value is -3.29. The summed E-state index contributed by atoms with van der Waals surface area (Å²) >= 11 is 0. The highest BCUT2D eigenvalue weighted by molar-refractivity contribution is 5.77. The fourth-order valence-corrected chi connectivity index (χ4v) is 2.82. The number of para-hydroxylation sites is 2. The standard InChI is InChI=1S/C20H19F2N3O3/c21-20(22)28-17-9-4-1-6-14(17)12-23-18(26)10-5-11-25-13-24-16-8-3-2-7-15(16)19(25)27/h1-4,6-9,13,20H,5,10-12H2,(H,23,26). The predicted octanol–water partition coefficient (Wildman–Crippen LogP) is 3.09. The van der Waals surface area contributed by atoms with E-state index in [0.29, 0.717) is 29.4 Å². The number of alkyl halides is 2. The van der Waals surface area contributed by atoms with Crippen LogP contribution in [0.15, 0.2) is 59.7 Å². The van der Waals surface area contributed by atoms with Crippen LogP contribution in [-0.4, -0.2) is 22.1 Å². The van der Waals surface area contributed by atoms with Crippen LogP contribution in [0.5, 0.6) is 5.75 Å². The summed E-state index contributed by atoms with van der Waals surface area (Å²) in [6, 6.07) is 13.4. The summed E-state index contributed by atoms with van der Waals surface area (Å²) in [5.41, 5.74) is 0.946. The minimum absolute atomic E-state index is 0.0339. The SMILES string of the molecule is O=C(CCCn1cnc2ccccc2c1=O)NCc1ccccc1OC(F)F. The van der Waals surface area contributed by atoms with Gasteiger partial charge in [-0.1, -0.05) is 30.3 Å². The Bertz CT molecular complexity index is 1020. The molecule has 0 saturated heterocycles. The van der Waals surface area contributed by atoms with E-state index in [4.69, 9.17) is 0 Å². The minimum Gasteiger partial charge on any atom is -0.434 e. The second kappa shape index (κ2) is 9.07. The Morgan fingerprint density at radius 3 is 2.71 bits per heavy atom. The molecule has 0 radical (unpaired) electrons. The zero-order valence-electron chi connectivity index (χ0n) is 15.0. The third-order valence-corrected chi connectivity index (χ3v) is 4.20. The first kappa shape index (κ1) is 19.5. The number of fused-ring (bicyclic) bond motifs is 1. The van der Waals surface area contributed by atoms with E-state index in [-0.39, 0.29) is 30.2 Å². The molecule has 1 N–H and O–H groups in total. The molecule has 0 unspecified atom stereocenters. The lowest BCUT2D eigenvalue weighted by Gasteiger charge is -2.11. The van der Waals surface area contributed by atoms with Crippen LogP contribution in [0.2, 0.25) is 0 Å². The summed E-state index contributed by atoms with van der Waals surface area (Å²) in [6.07, 6.45) is 2.11. The number of nitrogens with zero attached hydrogens (tertiary/aromatic N) is 2. The molecule has 3 aromatic rings. The molecule has 8 heteroatoms. The summed E-state index contributed by atoms with van der Waals surface area (Å²) in [6.45, 7) is -2.49. The van der Waals surface area contributed by atoms with E-state index in [1.807, 2.05) is 6.07 Å². The normalized spacial score (nSPS) is 11.0. The van der Waals surface area contributed by atoms with Crippen LogP contribution in [-0.2, 0) is 17.9 Å². The fraction of sp³-hybridized carbons (Fsp3) is 0.250. The zero-order chi connectivity index (χ0) is 19.9. The van der Waals surface area contributed by atoms with Crippen molar-refractivity contribution < 1.29 is 18.3 Å². The summed E-state index contributed by atoms with van der Waals surface area (Å²) in [5.74, 6) is -0.208. The quantitative estimate of drug-likeness (QED) is 0.645. The van der Waals surface area contributed by atoms with Crippen LogP contribution in [0.3, 0.4) is 0 Å². The molecule has 0 aliphatic rings. The van der Waals surface area contributed by atoms with Gasteiger partial charge >= 0.3 is 6.61 Å². The number of benzene rings is 2. The van der Waals surface area contributed by atoms with E-state index in [1.54, 1.807) is 36.4 Å². The average Bonchev–Trinajstić information content (AvgIpc) is 2.69. The van der Waals surface area contributed by atoms with Crippen LogP contribution in [0.4, 0.5) is 8.78 Å². The second-order valence-corrected chi connectivity index (χ2v) is 6.13. The van der Waals surface area contributed by atoms with Crippen LogP contribution < -0.4 is 15.6 Å². The van der Waals surface area contributed by atoms with Crippen molar-refractivity contribution in [2.24, 2.45) is 0 Å². The van der Waals surface area contributed by atoms with E-state index in [2.05, 4.69) is 15.0 Å². The topological polar surface area (TPSA) is 73.2 Å². The molecule has 146 valence electrons. The van der Waals surface area contributed by atoms with Gasteiger partial charge in [0.05, 0.1) is 17.2 Å². The Balaban J connectivity index is 1.52. The number of aromatic nitrogens is 2. The van der Waals surface area contributed by atoms with E-state index < -0.39 is 6.61 Å². The highest BCUT2D eigenvalue weighted by Crippen LogP contribution is 2.20. The van der Waals surface area contributed by atoms with Crippen LogP contribution in [0.1, 0.15) is 18.4 Å². The fourth-order valence-electron chi connectivity index (χ4n) is 2.82. The number of rotatable bonds is 8. The van der Waals surface area contributed by atoms with Gasteiger partial charge in [0.15, 0.2) is 0 Å².